The van der Waals surface area contributed by atoms with Crippen LogP contribution in [0.2, 0.25) is 5.02 Å². The molecule has 4 aromatic rings. The maximum atomic E-state index is 13.4. The zero-order valence-corrected chi connectivity index (χ0v) is 20.6. The molecule has 1 aromatic carbocycles. The standard InChI is InChI=1S/C27H28ClN5O2/c1-17-3-4-19(14-22(17)28)26(25-7-10-30-33(25)2)32-27(34)23-6-5-20-16-29-21(15-24(20)31-23)13-18-8-11-35-12-9-18/h3-7,10,14-16,18,26H,8-9,11-13H2,1-2H3,(H,32,34)/t26-/m0/s1. The third-order valence-electron chi connectivity index (χ3n) is 6.66. The molecule has 180 valence electrons. The first kappa shape index (κ1) is 23.5. The smallest absolute Gasteiger partial charge is 0.270 e. The maximum absolute atomic E-state index is 13.4. The van der Waals surface area contributed by atoms with Crippen LogP contribution in [0.25, 0.3) is 10.9 Å². The van der Waals surface area contributed by atoms with Gasteiger partial charge in [0.05, 0.1) is 17.3 Å². The number of aryl methyl sites for hydroxylation is 2. The summed E-state index contributed by atoms with van der Waals surface area (Å²) in [6, 6.07) is 12.9. The minimum atomic E-state index is -0.424. The van der Waals surface area contributed by atoms with Crippen molar-refractivity contribution in [2.75, 3.05) is 13.2 Å². The van der Waals surface area contributed by atoms with Crippen molar-refractivity contribution in [1.29, 1.82) is 0 Å². The molecule has 1 amide bonds. The Labute approximate surface area is 209 Å². The van der Waals surface area contributed by atoms with Gasteiger partial charge in [0.25, 0.3) is 5.91 Å². The van der Waals surface area contributed by atoms with E-state index >= 15 is 0 Å². The lowest BCUT2D eigenvalue weighted by Gasteiger charge is -2.21. The number of amides is 1. The van der Waals surface area contributed by atoms with Gasteiger partial charge in [-0.05, 0) is 73.6 Å². The topological polar surface area (TPSA) is 81.9 Å². The highest BCUT2D eigenvalue weighted by atomic mass is 35.5. The van der Waals surface area contributed by atoms with E-state index in [1.165, 1.54) is 0 Å². The summed E-state index contributed by atoms with van der Waals surface area (Å²) in [5, 5.41) is 8.98. The number of aromatic nitrogens is 4. The average molecular weight is 490 g/mol. The van der Waals surface area contributed by atoms with Gasteiger partial charge in [-0.15, -0.1) is 0 Å². The van der Waals surface area contributed by atoms with E-state index in [1.54, 1.807) is 16.9 Å². The Kier molecular flexibility index (Phi) is 6.79. The van der Waals surface area contributed by atoms with E-state index in [9.17, 15) is 4.79 Å². The quantitative estimate of drug-likeness (QED) is 0.420. The van der Waals surface area contributed by atoms with Crippen molar-refractivity contribution in [2.24, 2.45) is 13.0 Å². The minimum absolute atomic E-state index is 0.266. The number of ether oxygens (including phenoxy) is 1. The SMILES string of the molecule is Cc1ccc([C@H](NC(=O)c2ccc3cnc(CC4CCOCC4)cc3n2)c2ccnn2C)cc1Cl. The van der Waals surface area contributed by atoms with Crippen molar-refractivity contribution in [3.63, 3.8) is 0 Å². The first-order chi connectivity index (χ1) is 17.0. The summed E-state index contributed by atoms with van der Waals surface area (Å²) >= 11 is 6.40. The van der Waals surface area contributed by atoms with Gasteiger partial charge >= 0.3 is 0 Å². The van der Waals surface area contributed by atoms with Crippen LogP contribution in [0.15, 0.2) is 54.9 Å². The first-order valence-electron chi connectivity index (χ1n) is 11.9. The van der Waals surface area contributed by atoms with E-state index in [0.29, 0.717) is 16.6 Å². The van der Waals surface area contributed by atoms with Crippen molar-refractivity contribution in [3.05, 3.63) is 88.1 Å². The van der Waals surface area contributed by atoms with Crippen LogP contribution in [-0.4, -0.2) is 38.9 Å². The molecule has 4 heterocycles. The van der Waals surface area contributed by atoms with Gasteiger partial charge < -0.3 is 10.1 Å². The van der Waals surface area contributed by atoms with Gasteiger partial charge in [-0.1, -0.05) is 23.7 Å². The number of pyridine rings is 2. The van der Waals surface area contributed by atoms with Gasteiger partial charge in [0.2, 0.25) is 0 Å². The summed E-state index contributed by atoms with van der Waals surface area (Å²) in [5.41, 5.74) is 4.82. The van der Waals surface area contributed by atoms with Crippen LogP contribution in [-0.2, 0) is 18.2 Å². The molecule has 0 bridgehead atoms. The Balaban J connectivity index is 1.42. The second kappa shape index (κ2) is 10.1. The Morgan fingerprint density at radius 3 is 2.77 bits per heavy atom. The van der Waals surface area contributed by atoms with Crippen LogP contribution in [0.4, 0.5) is 0 Å². The molecule has 1 aliphatic rings. The van der Waals surface area contributed by atoms with Crippen molar-refractivity contribution >= 4 is 28.4 Å². The fraction of sp³-hybridized carbons (Fsp3) is 0.333. The Morgan fingerprint density at radius 2 is 2.03 bits per heavy atom. The fourth-order valence-corrected chi connectivity index (χ4v) is 4.72. The number of hydrogen-bond donors (Lipinski definition) is 1. The van der Waals surface area contributed by atoms with E-state index in [1.807, 2.05) is 56.6 Å². The third kappa shape index (κ3) is 5.21. The van der Waals surface area contributed by atoms with E-state index in [4.69, 9.17) is 16.3 Å². The normalized spacial score (nSPS) is 15.3. The second-order valence-corrected chi connectivity index (χ2v) is 9.53. The summed E-state index contributed by atoms with van der Waals surface area (Å²) in [5.74, 6) is 0.304. The summed E-state index contributed by atoms with van der Waals surface area (Å²) in [7, 11) is 1.85. The molecule has 0 unspecified atom stereocenters. The van der Waals surface area contributed by atoms with Crippen LogP contribution in [0, 0.1) is 12.8 Å². The van der Waals surface area contributed by atoms with Crippen LogP contribution >= 0.6 is 11.6 Å². The molecule has 1 N–H and O–H groups in total. The lowest BCUT2D eigenvalue weighted by molar-refractivity contribution is 0.0663. The molecule has 1 aliphatic heterocycles. The van der Waals surface area contributed by atoms with Crippen molar-refractivity contribution in [2.45, 2.75) is 32.2 Å². The highest BCUT2D eigenvalue weighted by molar-refractivity contribution is 6.31. The zero-order valence-electron chi connectivity index (χ0n) is 19.9. The lowest BCUT2D eigenvalue weighted by atomic mass is 9.94. The molecule has 0 aliphatic carbocycles. The molecule has 0 saturated carbocycles. The van der Waals surface area contributed by atoms with Crippen molar-refractivity contribution in [1.82, 2.24) is 25.1 Å². The largest absolute Gasteiger partial charge is 0.381 e. The summed E-state index contributed by atoms with van der Waals surface area (Å²) in [6.07, 6.45) is 6.55. The number of hydrogen-bond acceptors (Lipinski definition) is 5. The van der Waals surface area contributed by atoms with Crippen LogP contribution in [0.1, 0.15) is 51.9 Å². The van der Waals surface area contributed by atoms with Gasteiger partial charge in [0, 0.05) is 48.8 Å². The number of nitrogens with zero attached hydrogens (tertiary/aromatic N) is 4. The Morgan fingerprint density at radius 1 is 1.20 bits per heavy atom. The number of rotatable bonds is 6. The maximum Gasteiger partial charge on any atom is 0.270 e. The van der Waals surface area contributed by atoms with Crippen LogP contribution < -0.4 is 5.32 Å². The molecule has 8 heteroatoms. The van der Waals surface area contributed by atoms with Crippen LogP contribution in [0.3, 0.4) is 0 Å². The van der Waals surface area contributed by atoms with Gasteiger partial charge in [-0.3, -0.25) is 14.5 Å². The van der Waals surface area contributed by atoms with Gasteiger partial charge in [0.15, 0.2) is 0 Å². The molecule has 3 aromatic heterocycles. The third-order valence-corrected chi connectivity index (χ3v) is 7.07. The number of nitrogens with one attached hydrogen (secondary N) is 1. The molecule has 0 spiro atoms. The molecule has 5 rings (SSSR count). The van der Waals surface area contributed by atoms with Gasteiger partial charge in [-0.25, -0.2) is 4.98 Å². The predicted octanol–water partition coefficient (Wildman–Crippen LogP) is 4.81. The zero-order chi connectivity index (χ0) is 24.4. The monoisotopic (exact) mass is 489 g/mol. The molecular formula is C27H28ClN5O2. The van der Waals surface area contributed by atoms with Crippen LogP contribution in [0.5, 0.6) is 0 Å². The number of fused-ring (bicyclic) bond motifs is 1. The van der Waals surface area contributed by atoms with Gasteiger partial charge in [0.1, 0.15) is 5.69 Å². The Hall–Kier alpha value is -3.29. The molecule has 35 heavy (non-hydrogen) atoms. The van der Waals surface area contributed by atoms with E-state index in [2.05, 4.69) is 20.4 Å². The van der Waals surface area contributed by atoms with Crippen molar-refractivity contribution in [3.8, 4) is 0 Å². The predicted molar refractivity (Wildman–Crippen MR) is 135 cm³/mol. The molecule has 1 fully saturated rings. The van der Waals surface area contributed by atoms with Crippen molar-refractivity contribution < 1.29 is 9.53 Å². The van der Waals surface area contributed by atoms with Gasteiger partial charge in [-0.2, -0.15) is 5.10 Å². The highest BCUT2D eigenvalue weighted by Crippen LogP contribution is 2.27. The highest BCUT2D eigenvalue weighted by Gasteiger charge is 2.22. The molecular weight excluding hydrogens is 462 g/mol. The molecule has 1 atom stereocenters. The second-order valence-electron chi connectivity index (χ2n) is 9.12. The summed E-state index contributed by atoms with van der Waals surface area (Å²) in [4.78, 5) is 22.7. The molecule has 7 nitrogen and oxygen atoms in total. The Bertz CT molecular complexity index is 1360. The lowest BCUT2D eigenvalue weighted by Crippen LogP contribution is -2.31. The minimum Gasteiger partial charge on any atom is -0.381 e. The fourth-order valence-electron chi connectivity index (χ4n) is 4.53. The average Bonchev–Trinajstić information content (AvgIpc) is 3.29. The van der Waals surface area contributed by atoms with E-state index in [0.717, 1.165) is 65.9 Å². The number of carbonyl (C=O) groups excluding carboxylic acids is 1. The van der Waals surface area contributed by atoms with E-state index < -0.39 is 6.04 Å². The molecule has 0 radical (unpaired) electrons. The number of halogens is 1. The number of benzene rings is 1. The first-order valence-corrected chi connectivity index (χ1v) is 12.2. The summed E-state index contributed by atoms with van der Waals surface area (Å²) in [6.45, 7) is 3.57. The molecule has 1 saturated heterocycles. The van der Waals surface area contributed by atoms with E-state index in [-0.39, 0.29) is 5.91 Å². The summed E-state index contributed by atoms with van der Waals surface area (Å²) < 4.78 is 7.22. The number of carbonyl (C=O) groups is 1.